The molecule has 0 aromatic heterocycles. The molecule has 0 aliphatic heterocycles. The molecule has 0 bridgehead atoms. The van der Waals surface area contributed by atoms with Gasteiger partial charge >= 0.3 is 0 Å². The maximum absolute atomic E-state index is 13.6. The van der Waals surface area contributed by atoms with Crippen molar-refractivity contribution in [3.8, 4) is 0 Å². The van der Waals surface area contributed by atoms with Crippen molar-refractivity contribution in [3.05, 3.63) is 64.7 Å². The lowest BCUT2D eigenvalue weighted by molar-refractivity contribution is -0.141. The van der Waals surface area contributed by atoms with Crippen molar-refractivity contribution in [2.24, 2.45) is 0 Å². The number of carbonyl (C=O) groups excluding carboxylic acids is 2. The van der Waals surface area contributed by atoms with E-state index in [1.807, 2.05) is 84.0 Å². The molecule has 0 unspecified atom stereocenters. The number of benzene rings is 2. The summed E-state index contributed by atoms with van der Waals surface area (Å²) in [5.74, 6) is -0.323. The summed E-state index contributed by atoms with van der Waals surface area (Å²) < 4.78 is 26.6. The van der Waals surface area contributed by atoms with Crippen LogP contribution in [0.3, 0.4) is 0 Å². The van der Waals surface area contributed by atoms with Crippen LogP contribution < -0.4 is 9.62 Å². The molecule has 0 saturated heterocycles. The first kappa shape index (κ1) is 30.4. The summed E-state index contributed by atoms with van der Waals surface area (Å²) in [5.41, 5.74) is 4.49. The fraction of sp³-hybridized carbons (Fsp3) is 0.517. The second-order valence-corrected chi connectivity index (χ2v) is 11.8. The molecule has 37 heavy (non-hydrogen) atoms. The molecule has 204 valence electrons. The number of nitrogens with one attached hydrogen (secondary N) is 1. The molecule has 0 saturated carbocycles. The van der Waals surface area contributed by atoms with Gasteiger partial charge < -0.3 is 10.2 Å². The first-order valence-corrected chi connectivity index (χ1v) is 14.9. The molecule has 8 heteroatoms. The Morgan fingerprint density at radius 3 is 2.24 bits per heavy atom. The Kier molecular flexibility index (Phi) is 11.2. The third-order valence-electron chi connectivity index (χ3n) is 6.77. The van der Waals surface area contributed by atoms with Gasteiger partial charge in [0.1, 0.15) is 6.04 Å². The van der Waals surface area contributed by atoms with Gasteiger partial charge in [0.2, 0.25) is 21.8 Å². The third-order valence-corrected chi connectivity index (χ3v) is 7.95. The van der Waals surface area contributed by atoms with E-state index in [-0.39, 0.29) is 30.8 Å². The molecule has 2 aromatic rings. The number of amides is 2. The number of hydrogen-bond donors (Lipinski definition) is 1. The molecular weight excluding hydrogens is 486 g/mol. The Morgan fingerprint density at radius 2 is 1.65 bits per heavy atom. The minimum absolute atomic E-state index is 0.0119. The van der Waals surface area contributed by atoms with Crippen molar-refractivity contribution >= 4 is 27.5 Å². The SMILES string of the molecule is CC[C@@H](C)NC(=O)[C@@H](CC)N(Cc1ccccc1C)C(=O)CCCN(c1cc(C)ccc1C)S(C)(=O)=O. The number of nitrogens with zero attached hydrogens (tertiary/aromatic N) is 2. The van der Waals surface area contributed by atoms with Crippen molar-refractivity contribution < 1.29 is 18.0 Å². The summed E-state index contributed by atoms with van der Waals surface area (Å²) in [6.07, 6.45) is 2.95. The summed E-state index contributed by atoms with van der Waals surface area (Å²) in [4.78, 5) is 28.4. The highest BCUT2D eigenvalue weighted by Gasteiger charge is 2.29. The van der Waals surface area contributed by atoms with E-state index >= 15 is 0 Å². The average Bonchev–Trinajstić information content (AvgIpc) is 2.83. The second kappa shape index (κ2) is 13.6. The molecule has 1 N–H and O–H groups in total. The molecule has 0 aliphatic carbocycles. The van der Waals surface area contributed by atoms with E-state index in [4.69, 9.17) is 0 Å². The van der Waals surface area contributed by atoms with Crippen LogP contribution in [-0.2, 0) is 26.2 Å². The minimum Gasteiger partial charge on any atom is -0.352 e. The van der Waals surface area contributed by atoms with E-state index in [1.54, 1.807) is 4.90 Å². The maximum Gasteiger partial charge on any atom is 0.243 e. The standard InChI is InChI=1S/C29H43N3O4S/c1-8-24(6)30-29(34)26(9-2)31(20-25-14-11-10-13-22(25)4)28(33)15-12-18-32(37(7,35)36)27-19-21(3)16-17-23(27)5/h10-11,13-14,16-17,19,24,26H,8-9,12,15,18,20H2,1-7H3,(H,30,34)/t24-,26-/m1/s1. The lowest BCUT2D eigenvalue weighted by atomic mass is 10.0. The molecule has 2 rings (SSSR count). The van der Waals surface area contributed by atoms with Crippen LogP contribution in [0.1, 0.15) is 68.7 Å². The quantitative estimate of drug-likeness (QED) is 0.401. The van der Waals surface area contributed by atoms with Crippen LogP contribution >= 0.6 is 0 Å². The molecular formula is C29H43N3O4S. The number of sulfonamides is 1. The van der Waals surface area contributed by atoms with Crippen LogP contribution in [0, 0.1) is 20.8 Å². The van der Waals surface area contributed by atoms with Crippen molar-refractivity contribution in [1.29, 1.82) is 0 Å². The Balaban J connectivity index is 2.27. The lowest BCUT2D eigenvalue weighted by Crippen LogP contribution is -2.50. The number of anilines is 1. The van der Waals surface area contributed by atoms with Crippen LogP contribution in [0.15, 0.2) is 42.5 Å². The number of aryl methyl sites for hydroxylation is 3. The summed E-state index contributed by atoms with van der Waals surface area (Å²) >= 11 is 0. The highest BCUT2D eigenvalue weighted by Crippen LogP contribution is 2.25. The summed E-state index contributed by atoms with van der Waals surface area (Å²) in [7, 11) is -3.54. The Morgan fingerprint density at radius 1 is 0.973 bits per heavy atom. The van der Waals surface area contributed by atoms with E-state index < -0.39 is 16.1 Å². The van der Waals surface area contributed by atoms with E-state index in [1.165, 1.54) is 10.6 Å². The van der Waals surface area contributed by atoms with Gasteiger partial charge in [0.25, 0.3) is 0 Å². The first-order valence-electron chi connectivity index (χ1n) is 13.1. The zero-order chi connectivity index (χ0) is 27.8. The van der Waals surface area contributed by atoms with Gasteiger partial charge in [0.05, 0.1) is 11.9 Å². The summed E-state index contributed by atoms with van der Waals surface area (Å²) in [6.45, 7) is 12.2. The molecule has 0 aliphatic rings. The molecule has 0 radical (unpaired) electrons. The maximum atomic E-state index is 13.6. The molecule has 0 fully saturated rings. The van der Waals surface area contributed by atoms with Gasteiger partial charge in [-0.2, -0.15) is 0 Å². The number of hydrogen-bond acceptors (Lipinski definition) is 4. The predicted octanol–water partition coefficient (Wildman–Crippen LogP) is 4.88. The summed E-state index contributed by atoms with van der Waals surface area (Å²) in [5, 5.41) is 3.02. The second-order valence-electron chi connectivity index (χ2n) is 9.92. The van der Waals surface area contributed by atoms with Gasteiger partial charge in [0.15, 0.2) is 0 Å². The predicted molar refractivity (Wildman–Crippen MR) is 151 cm³/mol. The van der Waals surface area contributed by atoms with Gasteiger partial charge in [-0.1, -0.05) is 50.2 Å². The van der Waals surface area contributed by atoms with Gasteiger partial charge in [-0.25, -0.2) is 8.42 Å². The largest absolute Gasteiger partial charge is 0.352 e. The van der Waals surface area contributed by atoms with Crippen LogP contribution in [0.25, 0.3) is 0 Å². The minimum atomic E-state index is -3.54. The van der Waals surface area contributed by atoms with Crippen molar-refractivity contribution in [1.82, 2.24) is 10.2 Å². The Bertz CT molecular complexity index is 1180. The molecule has 7 nitrogen and oxygen atoms in total. The Labute approximate surface area is 223 Å². The average molecular weight is 530 g/mol. The van der Waals surface area contributed by atoms with E-state index in [9.17, 15) is 18.0 Å². The number of carbonyl (C=O) groups is 2. The zero-order valence-corrected chi connectivity index (χ0v) is 24.2. The molecule has 2 amide bonds. The smallest absolute Gasteiger partial charge is 0.243 e. The van der Waals surface area contributed by atoms with E-state index in [2.05, 4.69) is 5.32 Å². The zero-order valence-electron chi connectivity index (χ0n) is 23.4. The molecule has 2 atom stereocenters. The fourth-order valence-corrected chi connectivity index (χ4v) is 5.32. The van der Waals surface area contributed by atoms with Crippen LogP contribution in [0.2, 0.25) is 0 Å². The van der Waals surface area contributed by atoms with Gasteiger partial charge in [-0.3, -0.25) is 13.9 Å². The van der Waals surface area contributed by atoms with Gasteiger partial charge in [-0.15, -0.1) is 0 Å². The topological polar surface area (TPSA) is 86.8 Å². The van der Waals surface area contributed by atoms with Crippen LogP contribution in [-0.4, -0.2) is 50.0 Å². The van der Waals surface area contributed by atoms with Crippen molar-refractivity contribution in [3.63, 3.8) is 0 Å². The van der Waals surface area contributed by atoms with Crippen molar-refractivity contribution in [2.45, 2.75) is 85.9 Å². The highest BCUT2D eigenvalue weighted by atomic mass is 32.2. The van der Waals surface area contributed by atoms with E-state index in [0.29, 0.717) is 25.1 Å². The van der Waals surface area contributed by atoms with Gasteiger partial charge in [0, 0.05) is 25.6 Å². The van der Waals surface area contributed by atoms with Gasteiger partial charge in [-0.05, 0) is 75.3 Å². The van der Waals surface area contributed by atoms with E-state index in [0.717, 1.165) is 28.7 Å². The van der Waals surface area contributed by atoms with Crippen LogP contribution in [0.5, 0.6) is 0 Å². The first-order chi connectivity index (χ1) is 17.4. The monoisotopic (exact) mass is 529 g/mol. The molecule has 0 spiro atoms. The molecule has 2 aromatic carbocycles. The number of rotatable bonds is 13. The highest BCUT2D eigenvalue weighted by molar-refractivity contribution is 7.92. The van der Waals surface area contributed by atoms with Crippen LogP contribution in [0.4, 0.5) is 5.69 Å². The third kappa shape index (κ3) is 8.59. The normalized spacial score (nSPS) is 13.1. The molecule has 0 heterocycles. The lowest BCUT2D eigenvalue weighted by Gasteiger charge is -2.32. The Hall–Kier alpha value is -2.87. The van der Waals surface area contributed by atoms with Crippen molar-refractivity contribution in [2.75, 3.05) is 17.1 Å². The summed E-state index contributed by atoms with van der Waals surface area (Å²) in [6, 6.07) is 13.0. The fourth-order valence-electron chi connectivity index (χ4n) is 4.30.